The summed E-state index contributed by atoms with van der Waals surface area (Å²) in [6, 6.07) is 2.35. The van der Waals surface area contributed by atoms with Crippen LogP contribution in [0.3, 0.4) is 0 Å². The maximum atomic E-state index is 14.3. The minimum Gasteiger partial charge on any atom is -0.453 e. The third-order valence-electron chi connectivity index (χ3n) is 5.20. The number of nitrogens with one attached hydrogen (secondary N) is 4. The fourth-order valence-electron chi connectivity index (χ4n) is 3.67. The number of H-pyrrole nitrogens is 1. The quantitative estimate of drug-likeness (QED) is 0.444. The van der Waals surface area contributed by atoms with Gasteiger partial charge >= 0.3 is 12.3 Å². The van der Waals surface area contributed by atoms with Crippen LogP contribution in [-0.4, -0.2) is 47.3 Å². The number of aromatic amines is 1. The number of fused-ring (bicyclic) bond motifs is 1. The number of rotatable bonds is 4. The van der Waals surface area contributed by atoms with E-state index in [1.165, 1.54) is 12.3 Å². The van der Waals surface area contributed by atoms with E-state index in [9.17, 15) is 22.4 Å². The smallest absolute Gasteiger partial charge is 0.419 e. The van der Waals surface area contributed by atoms with Gasteiger partial charge in [-0.15, -0.1) is 0 Å². The fourth-order valence-corrected chi connectivity index (χ4v) is 3.67. The molecule has 4 N–H and O–H groups in total. The number of anilines is 2. The summed E-state index contributed by atoms with van der Waals surface area (Å²) in [4.78, 5) is 22.3. The number of piperidine rings is 1. The molecule has 0 unspecified atom stereocenters. The first kappa shape index (κ1) is 21.8. The van der Waals surface area contributed by atoms with Crippen molar-refractivity contribution in [2.24, 2.45) is 0 Å². The van der Waals surface area contributed by atoms with Crippen molar-refractivity contribution in [2.75, 3.05) is 30.8 Å². The standard InChI is InChI=1S/C20H20F4N6O2/c1-32-19(31)30-17-14(21)5-4-11-12(8-26-16(11)17)15-13(20(22,23)24)9-27-18(29-15)28-10-3-2-6-25-7-10/h4-5,8-10,25-26H,2-3,6-7H2,1H3,(H,30,31)(H,27,28,29)/t10-/m0/s1. The van der Waals surface area contributed by atoms with Gasteiger partial charge in [-0.3, -0.25) is 5.32 Å². The predicted molar refractivity (Wildman–Crippen MR) is 110 cm³/mol. The van der Waals surface area contributed by atoms with Crippen LogP contribution in [0.1, 0.15) is 18.4 Å². The Kier molecular flexibility index (Phi) is 5.87. The third-order valence-corrected chi connectivity index (χ3v) is 5.20. The summed E-state index contributed by atoms with van der Waals surface area (Å²) in [5, 5.41) is 8.75. The molecule has 3 heterocycles. The monoisotopic (exact) mass is 452 g/mol. The topological polar surface area (TPSA) is 104 Å². The molecule has 32 heavy (non-hydrogen) atoms. The average Bonchev–Trinajstić information content (AvgIpc) is 3.19. The van der Waals surface area contributed by atoms with Crippen molar-refractivity contribution in [2.45, 2.75) is 25.1 Å². The number of halogens is 4. The van der Waals surface area contributed by atoms with Crippen LogP contribution in [0.25, 0.3) is 22.2 Å². The molecule has 1 saturated heterocycles. The van der Waals surface area contributed by atoms with E-state index in [4.69, 9.17) is 0 Å². The van der Waals surface area contributed by atoms with Crippen molar-refractivity contribution in [1.82, 2.24) is 20.3 Å². The molecule has 1 fully saturated rings. The Morgan fingerprint density at radius 3 is 2.81 bits per heavy atom. The van der Waals surface area contributed by atoms with E-state index < -0.39 is 23.7 Å². The van der Waals surface area contributed by atoms with E-state index >= 15 is 0 Å². The first-order valence-corrected chi connectivity index (χ1v) is 9.84. The molecule has 170 valence electrons. The van der Waals surface area contributed by atoms with Crippen molar-refractivity contribution in [1.29, 1.82) is 0 Å². The van der Waals surface area contributed by atoms with Crippen LogP contribution in [-0.2, 0) is 10.9 Å². The Hall–Kier alpha value is -3.41. The van der Waals surface area contributed by atoms with Crippen LogP contribution < -0.4 is 16.0 Å². The van der Waals surface area contributed by atoms with Crippen LogP contribution in [0.2, 0.25) is 0 Å². The van der Waals surface area contributed by atoms with Gasteiger partial charge in [0.15, 0.2) is 0 Å². The largest absolute Gasteiger partial charge is 0.453 e. The van der Waals surface area contributed by atoms with E-state index in [0.717, 1.165) is 38.8 Å². The molecule has 0 radical (unpaired) electrons. The normalized spacial score (nSPS) is 16.7. The van der Waals surface area contributed by atoms with Crippen LogP contribution >= 0.6 is 0 Å². The lowest BCUT2D eigenvalue weighted by Crippen LogP contribution is -2.38. The lowest BCUT2D eigenvalue weighted by atomic mass is 10.0. The zero-order chi connectivity index (χ0) is 22.9. The van der Waals surface area contributed by atoms with Crippen molar-refractivity contribution in [3.8, 4) is 11.3 Å². The second kappa shape index (κ2) is 8.61. The summed E-state index contributed by atoms with van der Waals surface area (Å²) in [6.45, 7) is 1.53. The van der Waals surface area contributed by atoms with E-state index in [0.29, 0.717) is 6.54 Å². The van der Waals surface area contributed by atoms with Crippen LogP contribution in [0.4, 0.5) is 34.0 Å². The van der Waals surface area contributed by atoms with Gasteiger partial charge in [-0.2, -0.15) is 13.2 Å². The van der Waals surface area contributed by atoms with Gasteiger partial charge in [-0.25, -0.2) is 19.2 Å². The van der Waals surface area contributed by atoms with Gasteiger partial charge in [0.1, 0.15) is 17.1 Å². The summed E-state index contributed by atoms with van der Waals surface area (Å²) in [5.41, 5.74) is -1.44. The highest BCUT2D eigenvalue weighted by atomic mass is 19.4. The summed E-state index contributed by atoms with van der Waals surface area (Å²) >= 11 is 0. The molecule has 3 aromatic rings. The number of aromatic nitrogens is 3. The number of nitrogens with zero attached hydrogens (tertiary/aromatic N) is 2. The summed E-state index contributed by atoms with van der Waals surface area (Å²) < 4.78 is 60.0. The first-order valence-electron chi connectivity index (χ1n) is 9.84. The molecule has 2 aromatic heterocycles. The highest BCUT2D eigenvalue weighted by molar-refractivity contribution is 6.05. The van der Waals surface area contributed by atoms with Gasteiger partial charge in [0, 0.05) is 35.9 Å². The van der Waals surface area contributed by atoms with E-state index in [2.05, 4.69) is 35.6 Å². The lowest BCUT2D eigenvalue weighted by Gasteiger charge is -2.24. The third kappa shape index (κ3) is 4.31. The van der Waals surface area contributed by atoms with Crippen molar-refractivity contribution < 1.29 is 27.1 Å². The molecule has 0 aliphatic carbocycles. The molecule has 12 heteroatoms. The molecule has 1 amide bonds. The van der Waals surface area contributed by atoms with Crippen molar-refractivity contribution >= 4 is 28.6 Å². The molecule has 1 aliphatic rings. The number of methoxy groups -OCH3 is 1. The average molecular weight is 452 g/mol. The Bertz CT molecular complexity index is 1140. The number of carbonyl (C=O) groups excluding carboxylic acids is 1. The molecule has 0 saturated carbocycles. The van der Waals surface area contributed by atoms with Gasteiger partial charge in [0.25, 0.3) is 0 Å². The Morgan fingerprint density at radius 2 is 2.12 bits per heavy atom. The molecule has 4 rings (SSSR count). The Morgan fingerprint density at radius 1 is 1.31 bits per heavy atom. The molecular formula is C20H20F4N6O2. The summed E-state index contributed by atoms with van der Waals surface area (Å²) in [5.74, 6) is -0.715. The predicted octanol–water partition coefficient (Wildman–Crippen LogP) is 4.13. The zero-order valence-electron chi connectivity index (χ0n) is 16.9. The lowest BCUT2D eigenvalue weighted by molar-refractivity contribution is -0.137. The zero-order valence-corrected chi connectivity index (χ0v) is 16.9. The van der Waals surface area contributed by atoms with Gasteiger partial charge in [0.2, 0.25) is 5.95 Å². The second-order valence-electron chi connectivity index (χ2n) is 7.31. The minimum atomic E-state index is -4.71. The Labute approximate surface area is 179 Å². The van der Waals surface area contributed by atoms with Crippen molar-refractivity contribution in [3.63, 3.8) is 0 Å². The van der Waals surface area contributed by atoms with Gasteiger partial charge in [-0.1, -0.05) is 0 Å². The molecule has 1 aliphatic heterocycles. The molecule has 8 nitrogen and oxygen atoms in total. The van der Waals surface area contributed by atoms with Gasteiger partial charge in [-0.05, 0) is 31.5 Å². The molecule has 1 aromatic carbocycles. The van der Waals surface area contributed by atoms with Gasteiger partial charge in [0.05, 0.1) is 18.3 Å². The SMILES string of the molecule is COC(=O)Nc1c(F)ccc2c(-c3nc(N[C@H]4CCCNC4)ncc3C(F)(F)F)c[nH]c12. The fraction of sp³-hybridized carbons (Fsp3) is 0.350. The van der Waals surface area contributed by atoms with E-state index in [1.54, 1.807) is 0 Å². The molecule has 0 spiro atoms. The number of alkyl halides is 3. The highest BCUT2D eigenvalue weighted by Gasteiger charge is 2.36. The first-order chi connectivity index (χ1) is 15.3. The Balaban J connectivity index is 1.81. The summed E-state index contributed by atoms with van der Waals surface area (Å²) in [6.07, 6.45) is -1.85. The van der Waals surface area contributed by atoms with Crippen molar-refractivity contribution in [3.05, 3.63) is 35.9 Å². The number of hydrogen-bond acceptors (Lipinski definition) is 6. The van der Waals surface area contributed by atoms with Crippen LogP contribution in [0, 0.1) is 5.82 Å². The van der Waals surface area contributed by atoms with Crippen LogP contribution in [0.5, 0.6) is 0 Å². The number of amides is 1. The molecular weight excluding hydrogens is 432 g/mol. The summed E-state index contributed by atoms with van der Waals surface area (Å²) in [7, 11) is 1.11. The number of benzene rings is 1. The maximum absolute atomic E-state index is 14.3. The maximum Gasteiger partial charge on any atom is 0.419 e. The van der Waals surface area contributed by atoms with Gasteiger partial charge < -0.3 is 20.4 Å². The number of carbonyl (C=O) groups is 1. The molecule has 1 atom stereocenters. The molecule has 0 bridgehead atoms. The van der Waals surface area contributed by atoms with Crippen LogP contribution in [0.15, 0.2) is 24.5 Å². The van der Waals surface area contributed by atoms with E-state index in [1.807, 2.05) is 0 Å². The van der Waals surface area contributed by atoms with E-state index in [-0.39, 0.29) is 39.8 Å². The highest BCUT2D eigenvalue weighted by Crippen LogP contribution is 2.40. The number of hydrogen-bond donors (Lipinski definition) is 4. The number of ether oxygens (including phenoxy) is 1. The minimum absolute atomic E-state index is 0.0127. The second-order valence-corrected chi connectivity index (χ2v) is 7.31.